The Kier molecular flexibility index (Phi) is 13.5. The van der Waals surface area contributed by atoms with Gasteiger partial charge in [0.25, 0.3) is 5.91 Å². The van der Waals surface area contributed by atoms with Crippen LogP contribution in [0.3, 0.4) is 0 Å². The molecule has 0 saturated carbocycles. The molecule has 3 aliphatic heterocycles. The van der Waals surface area contributed by atoms with E-state index in [9.17, 15) is 24.3 Å². The summed E-state index contributed by atoms with van der Waals surface area (Å²) in [5, 5.41) is 15.2. The highest BCUT2D eigenvalue weighted by Gasteiger charge is 2.66. The van der Waals surface area contributed by atoms with Gasteiger partial charge < -0.3 is 38.6 Å². The number of carbonyl (C=O) groups is 4. The van der Waals surface area contributed by atoms with E-state index < -0.39 is 65.7 Å². The van der Waals surface area contributed by atoms with Crippen LogP contribution in [0.25, 0.3) is 0 Å². The van der Waals surface area contributed by atoms with Crippen molar-refractivity contribution in [1.29, 1.82) is 0 Å². The summed E-state index contributed by atoms with van der Waals surface area (Å²) in [5.74, 6) is -1.61. The number of fused-ring (bicyclic) bond motifs is 5. The minimum Gasteiger partial charge on any atom is -0.495 e. The first-order valence-corrected chi connectivity index (χ1v) is 20.4. The average molecular weight is 819 g/mol. The Balaban J connectivity index is 1.45. The molecule has 2 fully saturated rings. The Morgan fingerprint density at radius 2 is 2.02 bits per heavy atom. The number of rotatable bonds is 10. The molecule has 3 amide bonds. The molecule has 0 unspecified atom stereocenters. The maximum Gasteiger partial charge on any atom is 0.409 e. The molecule has 4 heterocycles. The number of anilines is 1. The second kappa shape index (κ2) is 17.6. The number of benzene rings is 1. The van der Waals surface area contributed by atoms with Gasteiger partial charge in [-0.15, -0.1) is 5.73 Å². The van der Waals surface area contributed by atoms with Crippen molar-refractivity contribution in [3.8, 4) is 5.75 Å². The number of halogens is 1. The van der Waals surface area contributed by atoms with Crippen LogP contribution in [0.5, 0.6) is 5.75 Å². The maximum atomic E-state index is 14.6. The second-order valence-electron chi connectivity index (χ2n) is 14.1. The molecule has 298 valence electrons. The second-order valence-corrected chi connectivity index (χ2v) is 16.9. The molecule has 0 spiro atoms. The fourth-order valence-corrected chi connectivity index (χ4v) is 8.88. The van der Waals surface area contributed by atoms with Crippen LogP contribution in [-0.2, 0) is 39.8 Å². The predicted octanol–water partition coefficient (Wildman–Crippen LogP) is 4.95. The molecule has 1 aromatic heterocycles. The molecule has 2 N–H and O–H groups in total. The van der Waals surface area contributed by atoms with Crippen molar-refractivity contribution in [3.05, 3.63) is 64.5 Å². The third-order valence-electron chi connectivity index (χ3n) is 10.2. The van der Waals surface area contributed by atoms with Crippen LogP contribution >= 0.6 is 33.2 Å². The molecular weight excluding hydrogens is 772 g/mol. The van der Waals surface area contributed by atoms with Crippen molar-refractivity contribution in [2.24, 2.45) is 5.92 Å². The van der Waals surface area contributed by atoms with Crippen LogP contribution in [-0.4, -0.2) is 115 Å². The fraction of sp³-hybridized carbons (Fsp3) is 0.526. The van der Waals surface area contributed by atoms with E-state index >= 15 is 0 Å². The molecule has 2 aromatic rings. The summed E-state index contributed by atoms with van der Waals surface area (Å²) in [6.07, 6.45) is -1.47. The van der Waals surface area contributed by atoms with Crippen LogP contribution in [0.4, 0.5) is 10.5 Å². The molecule has 0 aliphatic carbocycles. The van der Waals surface area contributed by atoms with E-state index in [2.05, 4.69) is 16.0 Å². The maximum absolute atomic E-state index is 14.6. The normalized spacial score (nSPS) is 28.4. The molecule has 0 radical (unpaired) electrons. The number of likely N-dealkylation sites (N-methyl/N-ethyl adjacent to an activating group) is 2. The number of methoxy groups -OCH3 is 2. The van der Waals surface area contributed by atoms with Gasteiger partial charge in [0.2, 0.25) is 12.0 Å². The van der Waals surface area contributed by atoms with Crippen molar-refractivity contribution >= 4 is 62.8 Å². The van der Waals surface area contributed by atoms with Crippen LogP contribution in [0.1, 0.15) is 46.1 Å². The van der Waals surface area contributed by atoms with Crippen molar-refractivity contribution in [3.63, 3.8) is 0 Å². The Labute approximate surface area is 333 Å². The highest BCUT2D eigenvalue weighted by Crippen LogP contribution is 2.49. The topological polar surface area (TPSA) is 169 Å². The zero-order valence-corrected chi connectivity index (χ0v) is 34.4. The highest BCUT2D eigenvalue weighted by atomic mass is 35.5. The minimum atomic E-state index is -1.88. The summed E-state index contributed by atoms with van der Waals surface area (Å²) in [6.45, 7) is 6.74. The van der Waals surface area contributed by atoms with Gasteiger partial charge in [0, 0.05) is 58.3 Å². The molecule has 55 heavy (non-hydrogen) atoms. The zero-order chi connectivity index (χ0) is 40.2. The highest BCUT2D eigenvalue weighted by molar-refractivity contribution is 8.76. The third-order valence-corrected chi connectivity index (χ3v) is 12.8. The van der Waals surface area contributed by atoms with Crippen LogP contribution in [0.2, 0.25) is 5.02 Å². The number of alkyl carbamates (subject to hydrolysis) is 1. The summed E-state index contributed by atoms with van der Waals surface area (Å²) in [6, 6.07) is 7.97. The zero-order valence-electron chi connectivity index (χ0n) is 32.0. The van der Waals surface area contributed by atoms with Crippen LogP contribution in [0, 0.1) is 5.92 Å². The van der Waals surface area contributed by atoms with Gasteiger partial charge in [0.05, 0.1) is 18.9 Å². The van der Waals surface area contributed by atoms with Crippen molar-refractivity contribution < 1.29 is 48.0 Å². The smallest absolute Gasteiger partial charge is 0.409 e. The summed E-state index contributed by atoms with van der Waals surface area (Å²) in [5.41, 5.74) is 1.59. The van der Waals surface area contributed by atoms with Gasteiger partial charge in [-0.3, -0.25) is 14.9 Å². The number of aliphatic hydroxyl groups is 1. The first kappa shape index (κ1) is 42.4. The molecule has 17 heteroatoms. The van der Waals surface area contributed by atoms with Gasteiger partial charge in [-0.25, -0.2) is 14.6 Å². The molecule has 3 aliphatic rings. The third kappa shape index (κ3) is 9.45. The lowest BCUT2D eigenvalue weighted by Crippen LogP contribution is -2.63. The number of hydrogen-bond donors (Lipinski definition) is 2. The SMILES string of the molecule is COc1cc2cc(c1Cl)N(C)C(=O)[C@H](OC(=O)[C@H](C)N(C)C(=O)CCSSc1ccccn1)[C@]1(C)O[C@H]1[C@H](C)[C@@H]1C[C@@](O)(NC(=O)O1)[C@H](OC)C=C=C(C)C2. The standard InChI is InChI=1S/C38H47ClN4O10S2/c1-21-12-13-28(50-8)38(48)20-27(51-36(47)41-38)22(2)32-37(4,53-32)33(34(45)43(6)25-18-24(17-21)19-26(49-7)31(25)39)52-35(46)23(3)42(5)30(44)14-16-54-55-29-11-9-10-15-40-29/h9-11,13,15,18-19,22-23,27-28,32-33,48H,14,16-17,20H2,1-8H3,(H,41,47)/t12?,22-,23+,27+,28-,32+,33+,37-,38+/m1/s1. The van der Waals surface area contributed by atoms with Crippen LogP contribution in [0.15, 0.2) is 58.9 Å². The first-order valence-electron chi connectivity index (χ1n) is 17.7. The fourth-order valence-electron chi connectivity index (χ4n) is 6.71. The number of aromatic nitrogens is 1. The van der Waals surface area contributed by atoms with Crippen molar-refractivity contribution in [1.82, 2.24) is 15.2 Å². The molecule has 2 saturated heterocycles. The van der Waals surface area contributed by atoms with Crippen molar-refractivity contribution in [2.75, 3.05) is 39.0 Å². The Morgan fingerprint density at radius 3 is 2.69 bits per heavy atom. The average Bonchev–Trinajstić information content (AvgIpc) is 3.85. The van der Waals surface area contributed by atoms with E-state index in [4.69, 9.17) is 35.3 Å². The van der Waals surface area contributed by atoms with Gasteiger partial charge in [-0.1, -0.05) is 35.4 Å². The lowest BCUT2D eigenvalue weighted by Gasteiger charge is -2.41. The molecule has 14 nitrogen and oxygen atoms in total. The summed E-state index contributed by atoms with van der Waals surface area (Å²) >= 11 is 6.79. The number of nitrogens with one attached hydrogen (secondary N) is 1. The summed E-state index contributed by atoms with van der Waals surface area (Å²) in [4.78, 5) is 61.4. The van der Waals surface area contributed by atoms with Gasteiger partial charge in [-0.2, -0.15) is 0 Å². The molecule has 4 bridgehead atoms. The van der Waals surface area contributed by atoms with E-state index in [1.165, 1.54) is 66.6 Å². The van der Waals surface area contributed by atoms with Crippen molar-refractivity contribution in [2.45, 2.75) is 93.8 Å². The number of hydrogen-bond acceptors (Lipinski definition) is 13. The molecule has 5 rings (SSSR count). The van der Waals surface area contributed by atoms with Gasteiger partial charge in [0.15, 0.2) is 5.72 Å². The van der Waals surface area contributed by atoms with Crippen LogP contribution < -0.4 is 15.0 Å². The Hall–Kier alpha value is -3.76. The van der Waals surface area contributed by atoms with E-state index in [0.29, 0.717) is 23.5 Å². The Morgan fingerprint density at radius 1 is 1.27 bits per heavy atom. The van der Waals surface area contributed by atoms with Gasteiger partial charge >= 0.3 is 12.1 Å². The minimum absolute atomic E-state index is 0.0972. The summed E-state index contributed by atoms with van der Waals surface area (Å²) in [7, 11) is 8.79. The largest absolute Gasteiger partial charge is 0.495 e. The number of ether oxygens (including phenoxy) is 5. The van der Waals surface area contributed by atoms with E-state index in [-0.39, 0.29) is 29.5 Å². The number of amides is 3. The quantitative estimate of drug-likeness (QED) is 0.109. The Bertz CT molecular complexity index is 1850. The van der Waals surface area contributed by atoms with E-state index in [1.807, 2.05) is 25.1 Å². The predicted molar refractivity (Wildman–Crippen MR) is 208 cm³/mol. The van der Waals surface area contributed by atoms with Gasteiger partial charge in [-0.05, 0) is 73.0 Å². The first-order chi connectivity index (χ1) is 26.0. The van der Waals surface area contributed by atoms with E-state index in [0.717, 1.165) is 10.6 Å². The number of carbonyl (C=O) groups excluding carboxylic acids is 4. The number of epoxide rings is 1. The molecule has 1 aromatic carbocycles. The molecular formula is C38H47ClN4O10S2. The number of nitrogens with zero attached hydrogens (tertiary/aromatic N) is 3. The van der Waals surface area contributed by atoms with E-state index in [1.54, 1.807) is 38.3 Å². The van der Waals surface area contributed by atoms with Gasteiger partial charge in [0.1, 0.15) is 39.6 Å². The lowest BCUT2D eigenvalue weighted by molar-refractivity contribution is -0.165. The number of esters is 1. The lowest BCUT2D eigenvalue weighted by atomic mass is 9.84. The number of pyridine rings is 1. The summed E-state index contributed by atoms with van der Waals surface area (Å²) < 4.78 is 29.1. The molecule has 8 atom stereocenters. The monoisotopic (exact) mass is 818 g/mol.